The van der Waals surface area contributed by atoms with Gasteiger partial charge in [0.05, 0.1) is 37.1 Å². The number of nitrogens with zero attached hydrogens (tertiary/aromatic N) is 3. The Bertz CT molecular complexity index is 1360. The van der Waals surface area contributed by atoms with Crippen molar-refractivity contribution in [3.8, 4) is 34.3 Å². The second kappa shape index (κ2) is 11.6. The molecule has 0 aliphatic rings. The highest BCUT2D eigenvalue weighted by Gasteiger charge is 2.21. The highest BCUT2D eigenvalue weighted by atomic mass is 35.5. The maximum atomic E-state index is 12.6. The number of carbonyl (C=O) groups excluding carboxylic acids is 1. The second-order valence-electron chi connectivity index (χ2n) is 7.36. The third-order valence-corrected chi connectivity index (χ3v) is 6.77. The lowest BCUT2D eigenvalue weighted by Crippen LogP contribution is -2.14. The van der Waals surface area contributed by atoms with Gasteiger partial charge in [-0.2, -0.15) is 0 Å². The third-order valence-electron chi connectivity index (χ3n) is 5.11. The lowest BCUT2D eigenvalue weighted by atomic mass is 10.1. The molecule has 1 N–H and O–H groups in total. The summed E-state index contributed by atoms with van der Waals surface area (Å²) < 4.78 is 18.3. The molecular formula is C25H22Cl2N4O4S. The number of hydrogen-bond acceptors (Lipinski definition) is 7. The smallest absolute Gasteiger partial charge is 0.234 e. The van der Waals surface area contributed by atoms with Crippen LogP contribution in [-0.4, -0.2) is 47.8 Å². The zero-order chi connectivity index (χ0) is 25.7. The molecule has 0 radical (unpaired) electrons. The van der Waals surface area contributed by atoms with Gasteiger partial charge in [0.15, 0.2) is 22.5 Å². The molecular weight excluding hydrogens is 523 g/mol. The number of halogens is 2. The van der Waals surface area contributed by atoms with Crippen molar-refractivity contribution >= 4 is 46.6 Å². The number of methoxy groups -OCH3 is 3. The van der Waals surface area contributed by atoms with Crippen LogP contribution in [-0.2, 0) is 4.79 Å². The van der Waals surface area contributed by atoms with Gasteiger partial charge < -0.3 is 19.5 Å². The molecule has 4 aromatic rings. The van der Waals surface area contributed by atoms with E-state index in [-0.39, 0.29) is 11.7 Å². The molecule has 0 aliphatic heterocycles. The van der Waals surface area contributed by atoms with Crippen LogP contribution in [0, 0.1) is 0 Å². The number of hydrogen-bond donors (Lipinski definition) is 1. The predicted molar refractivity (Wildman–Crippen MR) is 142 cm³/mol. The van der Waals surface area contributed by atoms with Crippen molar-refractivity contribution < 1.29 is 19.0 Å². The summed E-state index contributed by atoms with van der Waals surface area (Å²) in [5.74, 6) is 1.88. The first kappa shape index (κ1) is 25.7. The number of ether oxygens (including phenoxy) is 3. The second-order valence-corrected chi connectivity index (χ2v) is 9.11. The molecule has 0 saturated carbocycles. The number of para-hydroxylation sites is 1. The molecule has 0 unspecified atom stereocenters. The number of benzene rings is 3. The molecule has 4 rings (SSSR count). The van der Waals surface area contributed by atoms with Crippen LogP contribution in [0.4, 0.5) is 5.69 Å². The lowest BCUT2D eigenvalue weighted by molar-refractivity contribution is -0.113. The van der Waals surface area contributed by atoms with Crippen LogP contribution in [0.1, 0.15) is 0 Å². The Balaban J connectivity index is 1.66. The zero-order valence-electron chi connectivity index (χ0n) is 19.6. The van der Waals surface area contributed by atoms with Crippen molar-refractivity contribution in [1.29, 1.82) is 0 Å². The van der Waals surface area contributed by atoms with Crippen molar-refractivity contribution in [3.63, 3.8) is 0 Å². The molecule has 1 amide bonds. The van der Waals surface area contributed by atoms with E-state index in [4.69, 9.17) is 37.4 Å². The summed E-state index contributed by atoms with van der Waals surface area (Å²) >= 11 is 13.2. The van der Waals surface area contributed by atoms with Crippen LogP contribution >= 0.6 is 35.0 Å². The summed E-state index contributed by atoms with van der Waals surface area (Å²) in [7, 11) is 4.65. The number of rotatable bonds is 9. The van der Waals surface area contributed by atoms with Gasteiger partial charge >= 0.3 is 0 Å². The highest BCUT2D eigenvalue weighted by Crippen LogP contribution is 2.41. The molecule has 36 heavy (non-hydrogen) atoms. The van der Waals surface area contributed by atoms with Crippen LogP contribution in [0.2, 0.25) is 10.0 Å². The van der Waals surface area contributed by atoms with Gasteiger partial charge in [-0.15, -0.1) is 10.2 Å². The largest absolute Gasteiger partial charge is 0.493 e. The Labute approximate surface area is 222 Å². The zero-order valence-corrected chi connectivity index (χ0v) is 21.9. The minimum atomic E-state index is -0.227. The first-order valence-electron chi connectivity index (χ1n) is 10.6. The Morgan fingerprint density at radius 1 is 0.917 bits per heavy atom. The fourth-order valence-corrected chi connectivity index (χ4v) is 4.52. The van der Waals surface area contributed by atoms with E-state index in [9.17, 15) is 4.79 Å². The van der Waals surface area contributed by atoms with E-state index in [1.807, 2.05) is 34.9 Å². The van der Waals surface area contributed by atoms with E-state index < -0.39 is 0 Å². The Kier molecular flexibility index (Phi) is 8.25. The van der Waals surface area contributed by atoms with Crippen molar-refractivity contribution in [2.45, 2.75) is 5.16 Å². The van der Waals surface area contributed by atoms with Gasteiger partial charge in [0.25, 0.3) is 0 Å². The third kappa shape index (κ3) is 5.53. The van der Waals surface area contributed by atoms with E-state index in [1.165, 1.54) is 11.8 Å². The van der Waals surface area contributed by atoms with Gasteiger partial charge in [0.2, 0.25) is 11.7 Å². The maximum absolute atomic E-state index is 12.6. The van der Waals surface area contributed by atoms with Gasteiger partial charge in [-0.1, -0.05) is 53.2 Å². The van der Waals surface area contributed by atoms with Crippen molar-refractivity contribution in [3.05, 3.63) is 70.7 Å². The summed E-state index contributed by atoms with van der Waals surface area (Å²) in [5, 5.41) is 12.9. The fourth-order valence-electron chi connectivity index (χ4n) is 3.47. The Hall–Kier alpha value is -3.40. The summed E-state index contributed by atoms with van der Waals surface area (Å²) in [6.45, 7) is 0. The molecule has 1 aromatic heterocycles. The number of nitrogens with one attached hydrogen (secondary N) is 1. The first-order valence-corrected chi connectivity index (χ1v) is 12.4. The molecule has 3 aromatic carbocycles. The van der Waals surface area contributed by atoms with Gasteiger partial charge in [0, 0.05) is 16.9 Å². The van der Waals surface area contributed by atoms with E-state index in [0.29, 0.717) is 49.5 Å². The molecule has 0 bridgehead atoms. The van der Waals surface area contributed by atoms with Gasteiger partial charge in [-0.25, -0.2) is 0 Å². The van der Waals surface area contributed by atoms with Crippen molar-refractivity contribution in [2.24, 2.45) is 0 Å². The lowest BCUT2D eigenvalue weighted by Gasteiger charge is -2.15. The normalized spacial score (nSPS) is 10.7. The topological polar surface area (TPSA) is 87.5 Å². The maximum Gasteiger partial charge on any atom is 0.234 e. The van der Waals surface area contributed by atoms with E-state index in [2.05, 4.69) is 15.5 Å². The van der Waals surface area contributed by atoms with E-state index >= 15 is 0 Å². The van der Waals surface area contributed by atoms with Gasteiger partial charge in [0.1, 0.15) is 0 Å². The van der Waals surface area contributed by atoms with Crippen LogP contribution < -0.4 is 19.5 Å². The monoisotopic (exact) mass is 544 g/mol. The summed E-state index contributed by atoms with van der Waals surface area (Å²) in [5.41, 5.74) is 2.09. The minimum Gasteiger partial charge on any atom is -0.493 e. The average molecular weight is 545 g/mol. The Morgan fingerprint density at radius 2 is 1.61 bits per heavy atom. The van der Waals surface area contributed by atoms with Crippen molar-refractivity contribution in [2.75, 3.05) is 32.4 Å². The SMILES string of the molecule is COc1cc(-c2nnc(SCC(=O)Nc3ccc(Cl)c(Cl)c3)n2-c2ccccc2)cc(OC)c1OC. The summed E-state index contributed by atoms with van der Waals surface area (Å²) in [4.78, 5) is 12.6. The number of anilines is 1. The molecule has 0 atom stereocenters. The summed E-state index contributed by atoms with van der Waals surface area (Å²) in [6, 6.07) is 18.1. The number of amides is 1. The van der Waals surface area contributed by atoms with E-state index in [1.54, 1.807) is 51.7 Å². The van der Waals surface area contributed by atoms with Gasteiger partial charge in [-0.05, 0) is 42.5 Å². The number of carbonyl (C=O) groups is 1. The molecule has 8 nitrogen and oxygen atoms in total. The molecule has 1 heterocycles. The molecule has 186 valence electrons. The molecule has 0 saturated heterocycles. The fraction of sp³-hybridized carbons (Fsp3) is 0.160. The highest BCUT2D eigenvalue weighted by molar-refractivity contribution is 7.99. The van der Waals surface area contributed by atoms with E-state index in [0.717, 1.165) is 5.69 Å². The minimum absolute atomic E-state index is 0.0977. The van der Waals surface area contributed by atoms with Crippen LogP contribution in [0.25, 0.3) is 17.1 Å². The molecule has 0 aliphatic carbocycles. The number of aromatic nitrogens is 3. The first-order chi connectivity index (χ1) is 17.4. The predicted octanol–water partition coefficient (Wildman–Crippen LogP) is 6.00. The van der Waals surface area contributed by atoms with Crippen molar-refractivity contribution in [1.82, 2.24) is 14.8 Å². The van der Waals surface area contributed by atoms with Crippen LogP contribution in [0.5, 0.6) is 17.2 Å². The van der Waals surface area contributed by atoms with Crippen LogP contribution in [0.15, 0.2) is 65.8 Å². The number of thioether (sulfide) groups is 1. The van der Waals surface area contributed by atoms with Crippen LogP contribution in [0.3, 0.4) is 0 Å². The Morgan fingerprint density at radius 3 is 2.22 bits per heavy atom. The quantitative estimate of drug-likeness (QED) is 0.258. The average Bonchev–Trinajstić information content (AvgIpc) is 3.33. The van der Waals surface area contributed by atoms with Gasteiger partial charge in [-0.3, -0.25) is 9.36 Å². The molecule has 0 spiro atoms. The molecule has 0 fully saturated rings. The molecule has 11 heteroatoms. The summed E-state index contributed by atoms with van der Waals surface area (Å²) in [6.07, 6.45) is 0. The standard InChI is InChI=1S/C25H22Cl2N4O4S/c1-33-20-11-15(12-21(34-2)23(20)35-3)24-29-30-25(31(24)17-7-5-4-6-8-17)36-14-22(32)28-16-9-10-18(26)19(27)13-16/h4-13H,14H2,1-3H3,(H,28,32).